The van der Waals surface area contributed by atoms with Gasteiger partial charge in [-0.15, -0.1) is 0 Å². The molecule has 0 aromatic rings. The predicted molar refractivity (Wildman–Crippen MR) is 69.4 cm³/mol. The SMILES string of the molecule is CC1CC(C)CC(NC(=O)C2CCCC2N)C1. The molecule has 17 heavy (non-hydrogen) atoms. The van der Waals surface area contributed by atoms with Crippen LogP contribution in [0.3, 0.4) is 0 Å². The van der Waals surface area contributed by atoms with Crippen LogP contribution in [0.25, 0.3) is 0 Å². The van der Waals surface area contributed by atoms with Crippen LogP contribution in [-0.4, -0.2) is 18.0 Å². The molecule has 3 N–H and O–H groups in total. The molecule has 0 spiro atoms. The van der Waals surface area contributed by atoms with Crippen molar-refractivity contribution in [2.24, 2.45) is 23.5 Å². The van der Waals surface area contributed by atoms with Crippen LogP contribution in [0.1, 0.15) is 52.4 Å². The average molecular weight is 238 g/mol. The van der Waals surface area contributed by atoms with Gasteiger partial charge in [-0.1, -0.05) is 20.3 Å². The Bertz CT molecular complexity index is 269. The molecule has 2 rings (SSSR count). The van der Waals surface area contributed by atoms with Crippen LogP contribution < -0.4 is 11.1 Å². The summed E-state index contributed by atoms with van der Waals surface area (Å²) in [6.45, 7) is 4.58. The van der Waals surface area contributed by atoms with Gasteiger partial charge in [0.2, 0.25) is 5.91 Å². The summed E-state index contributed by atoms with van der Waals surface area (Å²) in [4.78, 5) is 12.1. The minimum atomic E-state index is 0.0718. The summed E-state index contributed by atoms with van der Waals surface area (Å²) in [5, 5.41) is 3.23. The number of hydrogen-bond donors (Lipinski definition) is 2. The molecule has 0 aromatic heterocycles. The summed E-state index contributed by atoms with van der Waals surface area (Å²) < 4.78 is 0. The third kappa shape index (κ3) is 3.21. The van der Waals surface area contributed by atoms with E-state index in [-0.39, 0.29) is 17.9 Å². The molecular formula is C14H26N2O. The maximum Gasteiger partial charge on any atom is 0.224 e. The lowest BCUT2D eigenvalue weighted by atomic mass is 9.80. The van der Waals surface area contributed by atoms with Crippen LogP contribution in [0.15, 0.2) is 0 Å². The topological polar surface area (TPSA) is 55.1 Å². The van der Waals surface area contributed by atoms with Crippen molar-refractivity contribution < 1.29 is 4.79 Å². The van der Waals surface area contributed by atoms with E-state index >= 15 is 0 Å². The van der Waals surface area contributed by atoms with Crippen molar-refractivity contribution in [2.45, 2.75) is 64.5 Å². The fraction of sp³-hybridized carbons (Fsp3) is 0.929. The fourth-order valence-electron chi connectivity index (χ4n) is 3.69. The summed E-state index contributed by atoms with van der Waals surface area (Å²) in [5.41, 5.74) is 5.98. The average Bonchev–Trinajstić information content (AvgIpc) is 2.62. The molecule has 2 aliphatic rings. The predicted octanol–water partition coefficient (Wildman–Crippen LogP) is 2.05. The van der Waals surface area contributed by atoms with Crippen LogP contribution in [0, 0.1) is 17.8 Å². The van der Waals surface area contributed by atoms with E-state index in [2.05, 4.69) is 19.2 Å². The highest BCUT2D eigenvalue weighted by Crippen LogP contribution is 2.30. The monoisotopic (exact) mass is 238 g/mol. The van der Waals surface area contributed by atoms with E-state index in [0.717, 1.165) is 43.9 Å². The molecule has 0 heterocycles. The first-order valence-corrected chi connectivity index (χ1v) is 7.12. The van der Waals surface area contributed by atoms with Gasteiger partial charge in [-0.25, -0.2) is 0 Å². The molecule has 4 unspecified atom stereocenters. The summed E-state index contributed by atoms with van der Waals surface area (Å²) in [7, 11) is 0. The summed E-state index contributed by atoms with van der Waals surface area (Å²) in [5.74, 6) is 1.76. The lowest BCUT2D eigenvalue weighted by Crippen LogP contribution is -2.45. The van der Waals surface area contributed by atoms with Crippen molar-refractivity contribution in [1.29, 1.82) is 0 Å². The van der Waals surface area contributed by atoms with E-state index in [1.54, 1.807) is 0 Å². The maximum absolute atomic E-state index is 12.1. The van der Waals surface area contributed by atoms with Gasteiger partial charge in [0, 0.05) is 12.1 Å². The molecule has 2 fully saturated rings. The first kappa shape index (κ1) is 12.9. The van der Waals surface area contributed by atoms with E-state index in [9.17, 15) is 4.79 Å². The van der Waals surface area contributed by atoms with E-state index in [1.807, 2.05) is 0 Å². The molecule has 3 heteroatoms. The Morgan fingerprint density at radius 2 is 1.76 bits per heavy atom. The van der Waals surface area contributed by atoms with Crippen LogP contribution in [-0.2, 0) is 4.79 Å². The second-order valence-electron chi connectivity index (χ2n) is 6.32. The number of carbonyl (C=O) groups is 1. The Balaban J connectivity index is 1.85. The van der Waals surface area contributed by atoms with Crippen LogP contribution >= 0.6 is 0 Å². The quantitative estimate of drug-likeness (QED) is 0.773. The highest BCUT2D eigenvalue weighted by atomic mass is 16.2. The zero-order chi connectivity index (χ0) is 12.4. The molecule has 0 aliphatic heterocycles. The van der Waals surface area contributed by atoms with E-state index < -0.39 is 0 Å². The number of amides is 1. The minimum Gasteiger partial charge on any atom is -0.353 e. The maximum atomic E-state index is 12.1. The summed E-state index contributed by atoms with van der Waals surface area (Å²) >= 11 is 0. The molecule has 2 aliphatic carbocycles. The molecule has 2 saturated carbocycles. The van der Waals surface area contributed by atoms with E-state index in [0.29, 0.717) is 6.04 Å². The Kier molecular flexibility index (Phi) is 4.08. The molecule has 98 valence electrons. The number of nitrogens with two attached hydrogens (primary N) is 1. The highest BCUT2D eigenvalue weighted by Gasteiger charge is 2.32. The van der Waals surface area contributed by atoms with E-state index in [4.69, 9.17) is 5.73 Å². The number of carbonyl (C=O) groups excluding carboxylic acids is 1. The van der Waals surface area contributed by atoms with Gasteiger partial charge in [0.15, 0.2) is 0 Å². The first-order valence-electron chi connectivity index (χ1n) is 7.12. The number of rotatable bonds is 2. The summed E-state index contributed by atoms with van der Waals surface area (Å²) in [6.07, 6.45) is 6.67. The molecule has 4 atom stereocenters. The number of nitrogens with one attached hydrogen (secondary N) is 1. The number of hydrogen-bond acceptors (Lipinski definition) is 2. The highest BCUT2D eigenvalue weighted by molar-refractivity contribution is 5.80. The van der Waals surface area contributed by atoms with Crippen LogP contribution in [0.4, 0.5) is 0 Å². The van der Waals surface area contributed by atoms with Crippen molar-refractivity contribution in [2.75, 3.05) is 0 Å². The third-order valence-corrected chi connectivity index (χ3v) is 4.43. The van der Waals surface area contributed by atoms with Gasteiger partial charge in [0.1, 0.15) is 0 Å². The summed E-state index contributed by atoms with van der Waals surface area (Å²) in [6, 6.07) is 0.475. The van der Waals surface area contributed by atoms with Crippen molar-refractivity contribution in [3.8, 4) is 0 Å². The molecule has 0 saturated heterocycles. The van der Waals surface area contributed by atoms with Crippen LogP contribution in [0.2, 0.25) is 0 Å². The Labute approximate surface area is 105 Å². The minimum absolute atomic E-state index is 0.0718. The largest absolute Gasteiger partial charge is 0.353 e. The normalized spacial score (nSPS) is 42.4. The Morgan fingerprint density at radius 3 is 2.29 bits per heavy atom. The van der Waals surface area contributed by atoms with Crippen LogP contribution in [0.5, 0.6) is 0 Å². The lowest BCUT2D eigenvalue weighted by Gasteiger charge is -2.33. The molecule has 0 bridgehead atoms. The molecular weight excluding hydrogens is 212 g/mol. The molecule has 0 radical (unpaired) electrons. The van der Waals surface area contributed by atoms with Gasteiger partial charge in [-0.05, 0) is 43.9 Å². The Morgan fingerprint density at radius 1 is 1.12 bits per heavy atom. The lowest BCUT2D eigenvalue weighted by molar-refractivity contribution is -0.126. The fourth-order valence-corrected chi connectivity index (χ4v) is 3.69. The molecule has 0 aromatic carbocycles. The van der Waals surface area contributed by atoms with Crippen molar-refractivity contribution in [3.05, 3.63) is 0 Å². The van der Waals surface area contributed by atoms with Gasteiger partial charge >= 0.3 is 0 Å². The smallest absolute Gasteiger partial charge is 0.224 e. The molecule has 3 nitrogen and oxygen atoms in total. The standard InChI is InChI=1S/C14H26N2O/c1-9-6-10(2)8-11(7-9)16-14(17)12-4-3-5-13(12)15/h9-13H,3-8,15H2,1-2H3,(H,16,17). The van der Waals surface area contributed by atoms with Crippen molar-refractivity contribution in [1.82, 2.24) is 5.32 Å². The second-order valence-corrected chi connectivity index (χ2v) is 6.32. The van der Waals surface area contributed by atoms with Gasteiger partial charge in [-0.2, -0.15) is 0 Å². The zero-order valence-corrected chi connectivity index (χ0v) is 11.1. The van der Waals surface area contributed by atoms with Crippen molar-refractivity contribution in [3.63, 3.8) is 0 Å². The van der Waals surface area contributed by atoms with Gasteiger partial charge < -0.3 is 11.1 Å². The van der Waals surface area contributed by atoms with Gasteiger partial charge in [0.25, 0.3) is 0 Å². The van der Waals surface area contributed by atoms with Gasteiger partial charge in [-0.3, -0.25) is 4.79 Å². The first-order chi connectivity index (χ1) is 8.06. The van der Waals surface area contributed by atoms with E-state index in [1.165, 1.54) is 6.42 Å². The third-order valence-electron chi connectivity index (χ3n) is 4.43. The zero-order valence-electron chi connectivity index (χ0n) is 11.1. The Hall–Kier alpha value is -0.570. The van der Waals surface area contributed by atoms with Gasteiger partial charge in [0.05, 0.1) is 5.92 Å². The molecule has 1 amide bonds. The van der Waals surface area contributed by atoms with Crippen molar-refractivity contribution >= 4 is 5.91 Å². The second kappa shape index (κ2) is 5.38.